The predicted molar refractivity (Wildman–Crippen MR) is 58.2 cm³/mol. The number of carbonyl (C=O) groups excluding carboxylic acids is 1. The number of likely N-dealkylation sites (N-methyl/N-ethyl adjacent to an activating group) is 1. The summed E-state index contributed by atoms with van der Waals surface area (Å²) >= 11 is 0. The van der Waals surface area contributed by atoms with E-state index in [2.05, 4.69) is 12.2 Å². The summed E-state index contributed by atoms with van der Waals surface area (Å²) in [5.41, 5.74) is 0. The van der Waals surface area contributed by atoms with Crippen LogP contribution in [0.2, 0.25) is 0 Å². The lowest BCUT2D eigenvalue weighted by molar-refractivity contribution is -0.129. The third kappa shape index (κ3) is 4.61. The molecule has 1 aliphatic carbocycles. The Morgan fingerprint density at radius 2 is 2.14 bits per heavy atom. The highest BCUT2D eigenvalue weighted by Crippen LogP contribution is 2.18. The third-order valence-corrected chi connectivity index (χ3v) is 2.64. The molecule has 0 aromatic carbocycles. The van der Waals surface area contributed by atoms with E-state index in [1.54, 1.807) is 0 Å². The molecule has 0 bridgehead atoms. The second-order valence-electron chi connectivity index (χ2n) is 4.18. The van der Waals surface area contributed by atoms with E-state index >= 15 is 0 Å². The van der Waals surface area contributed by atoms with E-state index in [1.807, 2.05) is 11.9 Å². The molecule has 3 nitrogen and oxygen atoms in total. The summed E-state index contributed by atoms with van der Waals surface area (Å²) in [4.78, 5) is 13.4. The Balaban J connectivity index is 2.02. The minimum atomic E-state index is 0.230. The van der Waals surface area contributed by atoms with Crippen molar-refractivity contribution in [1.29, 1.82) is 0 Å². The van der Waals surface area contributed by atoms with Gasteiger partial charge in [0.15, 0.2) is 0 Å². The molecule has 0 heterocycles. The molecule has 0 aromatic rings. The Kier molecular flexibility index (Phi) is 4.94. The number of hydrogen-bond donors (Lipinski definition) is 1. The van der Waals surface area contributed by atoms with Crippen molar-refractivity contribution in [2.45, 2.75) is 45.1 Å². The molecule has 1 N–H and O–H groups in total. The zero-order valence-corrected chi connectivity index (χ0v) is 9.38. The summed E-state index contributed by atoms with van der Waals surface area (Å²) in [7, 11) is 1.90. The van der Waals surface area contributed by atoms with Crippen LogP contribution in [0.3, 0.4) is 0 Å². The van der Waals surface area contributed by atoms with Crippen LogP contribution in [0.25, 0.3) is 0 Å². The predicted octanol–water partition coefficient (Wildman–Crippen LogP) is 1.39. The van der Waals surface area contributed by atoms with Crippen molar-refractivity contribution in [3.63, 3.8) is 0 Å². The van der Waals surface area contributed by atoms with Crippen molar-refractivity contribution in [3.05, 3.63) is 0 Å². The van der Waals surface area contributed by atoms with Crippen molar-refractivity contribution < 1.29 is 4.79 Å². The van der Waals surface area contributed by atoms with Crippen molar-refractivity contribution in [2.24, 2.45) is 0 Å². The first-order valence-electron chi connectivity index (χ1n) is 5.71. The van der Waals surface area contributed by atoms with Gasteiger partial charge in [-0.25, -0.2) is 0 Å². The number of amides is 1. The van der Waals surface area contributed by atoms with Crippen LogP contribution >= 0.6 is 0 Å². The SMILES string of the molecule is CCCCCN(C)C(=O)CNC1CC1. The van der Waals surface area contributed by atoms with Crippen molar-refractivity contribution in [1.82, 2.24) is 10.2 Å². The first-order chi connectivity index (χ1) is 6.74. The Morgan fingerprint density at radius 3 is 2.71 bits per heavy atom. The van der Waals surface area contributed by atoms with E-state index in [1.165, 1.54) is 25.7 Å². The highest BCUT2D eigenvalue weighted by Gasteiger charge is 2.21. The minimum Gasteiger partial charge on any atom is -0.345 e. The molecular formula is C11H22N2O. The lowest BCUT2D eigenvalue weighted by Crippen LogP contribution is -2.36. The van der Waals surface area contributed by atoms with Gasteiger partial charge in [0, 0.05) is 19.6 Å². The van der Waals surface area contributed by atoms with Crippen LogP contribution < -0.4 is 5.32 Å². The molecule has 1 amide bonds. The van der Waals surface area contributed by atoms with Gasteiger partial charge in [0.2, 0.25) is 5.91 Å². The van der Waals surface area contributed by atoms with Crippen LogP contribution in [0.1, 0.15) is 39.0 Å². The number of nitrogens with one attached hydrogen (secondary N) is 1. The first kappa shape index (κ1) is 11.5. The van der Waals surface area contributed by atoms with Crippen molar-refractivity contribution in [3.8, 4) is 0 Å². The van der Waals surface area contributed by atoms with Crippen LogP contribution in [0.4, 0.5) is 0 Å². The second-order valence-corrected chi connectivity index (χ2v) is 4.18. The smallest absolute Gasteiger partial charge is 0.236 e. The molecule has 1 rings (SSSR count). The lowest BCUT2D eigenvalue weighted by atomic mass is 10.2. The van der Waals surface area contributed by atoms with E-state index in [9.17, 15) is 4.79 Å². The van der Waals surface area contributed by atoms with Gasteiger partial charge in [-0.2, -0.15) is 0 Å². The quantitative estimate of drug-likeness (QED) is 0.627. The van der Waals surface area contributed by atoms with Crippen LogP contribution in [0.5, 0.6) is 0 Å². The molecule has 1 saturated carbocycles. The van der Waals surface area contributed by atoms with E-state index < -0.39 is 0 Å². The lowest BCUT2D eigenvalue weighted by Gasteiger charge is -2.17. The maximum Gasteiger partial charge on any atom is 0.236 e. The van der Waals surface area contributed by atoms with Crippen LogP contribution in [0.15, 0.2) is 0 Å². The molecule has 82 valence electrons. The standard InChI is InChI=1S/C11H22N2O/c1-3-4-5-8-13(2)11(14)9-12-10-6-7-10/h10,12H,3-9H2,1-2H3. The molecule has 0 spiro atoms. The average Bonchev–Trinajstić information content (AvgIpc) is 2.98. The van der Waals surface area contributed by atoms with Crippen molar-refractivity contribution in [2.75, 3.05) is 20.1 Å². The summed E-state index contributed by atoms with van der Waals surface area (Å²) in [6.45, 7) is 3.60. The zero-order chi connectivity index (χ0) is 10.4. The maximum absolute atomic E-state index is 11.5. The maximum atomic E-state index is 11.5. The van der Waals surface area contributed by atoms with E-state index in [0.29, 0.717) is 12.6 Å². The summed E-state index contributed by atoms with van der Waals surface area (Å²) in [5, 5.41) is 3.24. The van der Waals surface area contributed by atoms with Crippen LogP contribution in [0, 0.1) is 0 Å². The van der Waals surface area contributed by atoms with Gasteiger partial charge >= 0.3 is 0 Å². The summed E-state index contributed by atoms with van der Waals surface area (Å²) in [5.74, 6) is 0.230. The minimum absolute atomic E-state index is 0.230. The highest BCUT2D eigenvalue weighted by atomic mass is 16.2. The molecule has 3 heteroatoms. The third-order valence-electron chi connectivity index (χ3n) is 2.64. The summed E-state index contributed by atoms with van der Waals surface area (Å²) in [6.07, 6.45) is 6.04. The molecule has 1 aliphatic rings. The first-order valence-corrected chi connectivity index (χ1v) is 5.71. The fraction of sp³-hybridized carbons (Fsp3) is 0.909. The van der Waals surface area contributed by atoms with E-state index in [-0.39, 0.29) is 5.91 Å². The van der Waals surface area contributed by atoms with Crippen LogP contribution in [-0.2, 0) is 4.79 Å². The Morgan fingerprint density at radius 1 is 1.43 bits per heavy atom. The summed E-state index contributed by atoms with van der Waals surface area (Å²) in [6, 6.07) is 0.628. The molecule has 0 saturated heterocycles. The number of nitrogens with zero attached hydrogens (tertiary/aromatic N) is 1. The monoisotopic (exact) mass is 198 g/mol. The average molecular weight is 198 g/mol. The largest absolute Gasteiger partial charge is 0.345 e. The Bertz CT molecular complexity index is 178. The van der Waals surface area contributed by atoms with Gasteiger partial charge in [0.1, 0.15) is 0 Å². The summed E-state index contributed by atoms with van der Waals surface area (Å²) < 4.78 is 0. The molecule has 0 radical (unpaired) electrons. The number of hydrogen-bond acceptors (Lipinski definition) is 2. The van der Waals surface area contributed by atoms with Gasteiger partial charge < -0.3 is 10.2 Å². The van der Waals surface area contributed by atoms with E-state index in [0.717, 1.165) is 13.0 Å². The van der Waals surface area contributed by atoms with Crippen molar-refractivity contribution >= 4 is 5.91 Å². The number of rotatable bonds is 7. The molecule has 1 fully saturated rings. The second kappa shape index (κ2) is 6.02. The molecule has 0 aromatic heterocycles. The highest BCUT2D eigenvalue weighted by molar-refractivity contribution is 5.78. The molecule has 14 heavy (non-hydrogen) atoms. The molecular weight excluding hydrogens is 176 g/mol. The van der Waals surface area contributed by atoms with Crippen LogP contribution in [-0.4, -0.2) is 37.0 Å². The van der Waals surface area contributed by atoms with Gasteiger partial charge in [0.25, 0.3) is 0 Å². The Hall–Kier alpha value is -0.570. The normalized spacial score (nSPS) is 15.6. The fourth-order valence-corrected chi connectivity index (χ4v) is 1.38. The zero-order valence-electron chi connectivity index (χ0n) is 9.38. The Labute approximate surface area is 86.9 Å². The van der Waals surface area contributed by atoms with Gasteiger partial charge in [-0.1, -0.05) is 19.8 Å². The molecule has 0 atom stereocenters. The number of unbranched alkanes of at least 4 members (excludes halogenated alkanes) is 2. The van der Waals surface area contributed by atoms with Gasteiger partial charge in [-0.15, -0.1) is 0 Å². The molecule has 0 unspecified atom stereocenters. The number of carbonyl (C=O) groups is 1. The van der Waals surface area contributed by atoms with Gasteiger partial charge in [0.05, 0.1) is 6.54 Å². The van der Waals surface area contributed by atoms with E-state index in [4.69, 9.17) is 0 Å². The topological polar surface area (TPSA) is 32.3 Å². The fourth-order valence-electron chi connectivity index (χ4n) is 1.38. The van der Waals surface area contributed by atoms with Gasteiger partial charge in [-0.05, 0) is 19.3 Å². The van der Waals surface area contributed by atoms with Gasteiger partial charge in [-0.3, -0.25) is 4.79 Å². The molecule has 0 aliphatic heterocycles.